The molecular weight excluding hydrogens is 761 g/mol. The molecule has 2 aliphatic carbocycles. The number of alkyl carbamates (subject to hydrolysis) is 2. The fraction of sp³-hybridized carbons (Fsp3) is 0.478. The van der Waals surface area contributed by atoms with Crippen LogP contribution >= 0.6 is 0 Å². The van der Waals surface area contributed by atoms with E-state index in [-0.39, 0.29) is 41.8 Å². The molecule has 2 aromatic heterocycles. The Bertz CT molecular complexity index is 2510. The Morgan fingerprint density at radius 1 is 0.783 bits per heavy atom. The number of aromatic nitrogens is 4. The maximum atomic E-state index is 14.1. The van der Waals surface area contributed by atoms with E-state index >= 15 is 0 Å². The van der Waals surface area contributed by atoms with E-state index in [0.29, 0.717) is 12.5 Å². The molecule has 14 heteroatoms. The maximum absolute atomic E-state index is 14.1. The van der Waals surface area contributed by atoms with Gasteiger partial charge in [-0.05, 0) is 96.9 Å². The molecule has 1 saturated carbocycles. The smallest absolute Gasteiger partial charge is 0.407 e. The summed E-state index contributed by atoms with van der Waals surface area (Å²) < 4.78 is 9.66. The monoisotopic (exact) mass is 814 g/mol. The van der Waals surface area contributed by atoms with Crippen molar-refractivity contribution < 1.29 is 28.7 Å². The van der Waals surface area contributed by atoms with Gasteiger partial charge in [-0.2, -0.15) is 0 Å². The largest absolute Gasteiger partial charge is 0.453 e. The van der Waals surface area contributed by atoms with E-state index in [1.165, 1.54) is 19.8 Å². The van der Waals surface area contributed by atoms with Crippen molar-refractivity contribution in [1.29, 1.82) is 0 Å². The van der Waals surface area contributed by atoms with E-state index in [1.807, 2.05) is 43.6 Å². The number of carbonyl (C=O) groups is 4. The van der Waals surface area contributed by atoms with E-state index in [9.17, 15) is 19.2 Å². The van der Waals surface area contributed by atoms with Crippen molar-refractivity contribution in [2.24, 2.45) is 17.8 Å². The van der Waals surface area contributed by atoms with Crippen LogP contribution in [0.3, 0.4) is 0 Å². The van der Waals surface area contributed by atoms with Crippen LogP contribution in [0.1, 0.15) is 94.8 Å². The van der Waals surface area contributed by atoms with Crippen molar-refractivity contribution >= 4 is 45.8 Å². The minimum absolute atomic E-state index is 0.0744. The molecule has 0 spiro atoms. The highest BCUT2D eigenvalue weighted by Crippen LogP contribution is 2.51. The molecule has 4 N–H and O–H groups in total. The highest BCUT2D eigenvalue weighted by molar-refractivity contribution is 6.05. The molecule has 60 heavy (non-hydrogen) atoms. The first kappa shape index (κ1) is 39.5. The zero-order valence-electron chi connectivity index (χ0n) is 35.1. The number of benzene rings is 3. The summed E-state index contributed by atoms with van der Waals surface area (Å²) in [7, 11) is 2.62. The summed E-state index contributed by atoms with van der Waals surface area (Å²) in [5.41, 5.74) is 8.48. The zero-order chi connectivity index (χ0) is 42.0. The second-order valence-corrected chi connectivity index (χ2v) is 17.7. The van der Waals surface area contributed by atoms with Gasteiger partial charge in [0.1, 0.15) is 23.7 Å². The van der Waals surface area contributed by atoms with Gasteiger partial charge in [0.05, 0.1) is 48.7 Å². The third-order valence-electron chi connectivity index (χ3n) is 13.4. The second kappa shape index (κ2) is 15.6. The zero-order valence-corrected chi connectivity index (χ0v) is 35.1. The first-order chi connectivity index (χ1) is 28.9. The van der Waals surface area contributed by atoms with Gasteiger partial charge in [-0.25, -0.2) is 19.6 Å². The normalized spacial score (nSPS) is 21.7. The van der Waals surface area contributed by atoms with Crippen LogP contribution in [0.15, 0.2) is 48.5 Å². The van der Waals surface area contributed by atoms with Crippen LogP contribution < -0.4 is 10.6 Å². The van der Waals surface area contributed by atoms with Crippen molar-refractivity contribution in [3.63, 3.8) is 0 Å². The average Bonchev–Trinajstić information content (AvgIpc) is 4.11. The maximum Gasteiger partial charge on any atom is 0.407 e. The molecule has 2 saturated heterocycles. The van der Waals surface area contributed by atoms with Crippen LogP contribution in [0.5, 0.6) is 0 Å². The number of hydrogen-bond acceptors (Lipinski definition) is 8. The Morgan fingerprint density at radius 3 is 2.23 bits per heavy atom. The molecule has 9 rings (SSSR count). The third kappa shape index (κ3) is 6.83. The van der Waals surface area contributed by atoms with Gasteiger partial charge in [-0.15, -0.1) is 0 Å². The van der Waals surface area contributed by atoms with Crippen LogP contribution in [0.4, 0.5) is 9.59 Å². The number of carbonyl (C=O) groups excluding carboxylic acids is 4. The Kier molecular flexibility index (Phi) is 10.3. The number of hydrogen-bond donors (Lipinski definition) is 4. The standard InChI is InChI=1S/C46H54N8O6/c1-23(2)36(51-45(57)59-5)43(55)53-19-7-8-35(53)41-47-33-17-12-27-20-25(10-15-31(27)38(33)49-41)26-11-16-32-28(21-26)13-18-34-39(32)50-42(48-34)40-29-9-14-30(22-29)54(40)44(56)37(24(3)4)52-46(58)60-6/h10-12,15-17,20-21,23-24,29-30,35-37,40H,7-9,13-14,18-19,22H2,1-6H3,(H,47,49)(H,48,50)(H,51,57)(H,52,58)/t29-,30+,35-,36?,37-,40-/m0/s1. The van der Waals surface area contributed by atoms with Crippen molar-refractivity contribution in [2.75, 3.05) is 20.8 Å². The molecular formula is C46H54N8O6. The van der Waals surface area contributed by atoms with Gasteiger partial charge in [0.15, 0.2) is 0 Å². The molecule has 4 heterocycles. The van der Waals surface area contributed by atoms with Gasteiger partial charge < -0.3 is 39.9 Å². The lowest BCUT2D eigenvalue weighted by atomic mass is 9.89. The molecule has 314 valence electrons. The summed E-state index contributed by atoms with van der Waals surface area (Å²) in [5, 5.41) is 7.65. The van der Waals surface area contributed by atoms with Crippen LogP contribution in [-0.4, -0.2) is 92.6 Å². The number of H-pyrrole nitrogens is 2. The minimum atomic E-state index is -0.693. The molecule has 4 aliphatic rings. The Labute approximate surface area is 349 Å². The second-order valence-electron chi connectivity index (χ2n) is 17.7. The van der Waals surface area contributed by atoms with E-state index < -0.39 is 24.3 Å². The summed E-state index contributed by atoms with van der Waals surface area (Å²) in [4.78, 5) is 73.4. The van der Waals surface area contributed by atoms with Crippen LogP contribution in [-0.2, 0) is 31.9 Å². The van der Waals surface area contributed by atoms with Gasteiger partial charge >= 0.3 is 12.2 Å². The van der Waals surface area contributed by atoms with Gasteiger partial charge in [0, 0.05) is 23.5 Å². The van der Waals surface area contributed by atoms with Gasteiger partial charge in [-0.1, -0.05) is 64.1 Å². The van der Waals surface area contributed by atoms with Crippen molar-refractivity contribution in [3.8, 4) is 22.4 Å². The van der Waals surface area contributed by atoms with Crippen molar-refractivity contribution in [2.45, 2.75) is 103 Å². The number of rotatable bonds is 9. The molecule has 6 atom stereocenters. The highest BCUT2D eigenvalue weighted by atomic mass is 16.5. The number of piperidine rings is 1. The number of aromatic amines is 2. The van der Waals surface area contributed by atoms with E-state index in [2.05, 4.69) is 63.1 Å². The molecule has 3 fully saturated rings. The number of amides is 4. The molecule has 1 unspecified atom stereocenters. The van der Waals surface area contributed by atoms with Crippen LogP contribution in [0.2, 0.25) is 0 Å². The molecule has 4 amide bonds. The van der Waals surface area contributed by atoms with Gasteiger partial charge in [0.2, 0.25) is 11.8 Å². The Morgan fingerprint density at radius 2 is 1.50 bits per heavy atom. The SMILES string of the molecule is COC(=O)NC(C(=O)N1CCC[C@H]1c1nc2ccc3cc(-c4ccc5c(c4)CCc4nc([C@@H]6[C@H]7CC[C@H](C7)N6C(=O)[C@@H](NC(=O)OC)C(C)C)[nH]c4-5)ccc3c2[nH]1)C(C)C. The highest BCUT2D eigenvalue weighted by Gasteiger charge is 2.52. The van der Waals surface area contributed by atoms with Gasteiger partial charge in [-0.3, -0.25) is 9.59 Å². The lowest BCUT2D eigenvalue weighted by molar-refractivity contribution is -0.139. The number of nitrogens with one attached hydrogen (secondary N) is 4. The minimum Gasteiger partial charge on any atom is -0.453 e. The predicted octanol–water partition coefficient (Wildman–Crippen LogP) is 7.35. The van der Waals surface area contributed by atoms with E-state index in [1.54, 1.807) is 0 Å². The van der Waals surface area contributed by atoms with E-state index in [4.69, 9.17) is 19.4 Å². The first-order valence-corrected chi connectivity index (χ1v) is 21.4. The molecule has 2 aliphatic heterocycles. The summed E-state index contributed by atoms with van der Waals surface area (Å²) in [5.74, 6) is 1.49. The number of likely N-dealkylation sites (tertiary alicyclic amines) is 2. The Balaban J connectivity index is 0.963. The lowest BCUT2D eigenvalue weighted by Gasteiger charge is -2.37. The molecule has 5 aromatic rings. The molecule has 0 radical (unpaired) electrons. The molecule has 3 aromatic carbocycles. The number of fused-ring (bicyclic) bond motifs is 8. The van der Waals surface area contributed by atoms with Crippen LogP contribution in [0, 0.1) is 17.8 Å². The van der Waals surface area contributed by atoms with E-state index in [0.717, 1.165) is 106 Å². The Hall–Kier alpha value is -5.92. The molecule has 14 nitrogen and oxygen atoms in total. The summed E-state index contributed by atoms with van der Waals surface area (Å²) in [6.45, 7) is 8.31. The quantitative estimate of drug-likeness (QED) is 0.120. The number of imidazole rings is 2. The van der Waals surface area contributed by atoms with Crippen molar-refractivity contribution in [3.05, 3.63) is 71.4 Å². The summed E-state index contributed by atoms with van der Waals surface area (Å²) >= 11 is 0. The fourth-order valence-electron chi connectivity index (χ4n) is 10.3. The fourth-order valence-corrected chi connectivity index (χ4v) is 10.3. The topological polar surface area (TPSA) is 175 Å². The third-order valence-corrected chi connectivity index (χ3v) is 13.4. The molecule has 2 bridgehead atoms. The number of ether oxygens (including phenoxy) is 2. The summed E-state index contributed by atoms with van der Waals surface area (Å²) in [6.07, 6.45) is 5.03. The lowest BCUT2D eigenvalue weighted by Crippen LogP contribution is -2.54. The van der Waals surface area contributed by atoms with Crippen molar-refractivity contribution in [1.82, 2.24) is 40.4 Å². The summed E-state index contributed by atoms with van der Waals surface area (Å²) in [6, 6.07) is 15.7. The number of aryl methyl sites for hydroxylation is 2. The van der Waals surface area contributed by atoms with Gasteiger partial charge in [0.25, 0.3) is 0 Å². The van der Waals surface area contributed by atoms with Crippen LogP contribution in [0.25, 0.3) is 44.2 Å². The predicted molar refractivity (Wildman–Crippen MR) is 227 cm³/mol. The first-order valence-electron chi connectivity index (χ1n) is 21.4. The number of nitrogens with zero attached hydrogens (tertiary/aromatic N) is 4. The number of methoxy groups -OCH3 is 2. The average molecular weight is 815 g/mol.